The van der Waals surface area contributed by atoms with Gasteiger partial charge < -0.3 is 4.90 Å². The fourth-order valence-electron chi connectivity index (χ4n) is 1.12. The number of nitriles is 1. The highest BCUT2D eigenvalue weighted by Gasteiger charge is 2.13. The van der Waals surface area contributed by atoms with E-state index in [4.69, 9.17) is 5.26 Å². The standard InChI is InChI=1S/C9H12BrN3S/c1-7(2)13(5-3-4-11)9-12-8(10)6-14-9/h6-7H,3,5H2,1-2H3. The molecule has 1 aromatic rings. The molecule has 0 aliphatic carbocycles. The van der Waals surface area contributed by atoms with Gasteiger partial charge in [0.05, 0.1) is 12.5 Å². The molecule has 3 nitrogen and oxygen atoms in total. The largest absolute Gasteiger partial charge is 0.345 e. The van der Waals surface area contributed by atoms with E-state index in [1.54, 1.807) is 11.3 Å². The summed E-state index contributed by atoms with van der Waals surface area (Å²) >= 11 is 4.92. The Morgan fingerprint density at radius 1 is 1.71 bits per heavy atom. The number of hydrogen-bond donors (Lipinski definition) is 0. The number of halogens is 1. The topological polar surface area (TPSA) is 39.9 Å². The summed E-state index contributed by atoms with van der Waals surface area (Å²) in [6.45, 7) is 4.95. The van der Waals surface area contributed by atoms with Crippen LogP contribution in [0.3, 0.4) is 0 Å². The molecule has 0 aliphatic rings. The van der Waals surface area contributed by atoms with Crippen molar-refractivity contribution in [2.24, 2.45) is 0 Å². The molecule has 0 saturated heterocycles. The first kappa shape index (κ1) is 11.5. The van der Waals surface area contributed by atoms with Crippen LogP contribution in [0.2, 0.25) is 0 Å². The molecule has 14 heavy (non-hydrogen) atoms. The van der Waals surface area contributed by atoms with E-state index in [1.807, 2.05) is 5.38 Å². The van der Waals surface area contributed by atoms with Gasteiger partial charge in [0.2, 0.25) is 0 Å². The van der Waals surface area contributed by atoms with Crippen molar-refractivity contribution in [3.05, 3.63) is 9.98 Å². The Kier molecular flexibility index (Phi) is 4.36. The lowest BCUT2D eigenvalue weighted by Crippen LogP contribution is -2.31. The lowest BCUT2D eigenvalue weighted by molar-refractivity contribution is 0.684. The van der Waals surface area contributed by atoms with Gasteiger partial charge >= 0.3 is 0 Å². The van der Waals surface area contributed by atoms with Crippen LogP contribution in [0.1, 0.15) is 20.3 Å². The maximum atomic E-state index is 8.55. The van der Waals surface area contributed by atoms with Crippen molar-refractivity contribution in [1.29, 1.82) is 5.26 Å². The molecule has 0 aliphatic heterocycles. The number of rotatable bonds is 4. The van der Waals surface area contributed by atoms with Crippen molar-refractivity contribution >= 4 is 32.4 Å². The van der Waals surface area contributed by atoms with Crippen LogP contribution in [-0.2, 0) is 0 Å². The van der Waals surface area contributed by atoms with Gasteiger partial charge in [-0.3, -0.25) is 0 Å². The minimum absolute atomic E-state index is 0.376. The van der Waals surface area contributed by atoms with Crippen LogP contribution < -0.4 is 4.90 Å². The van der Waals surface area contributed by atoms with Gasteiger partial charge in [-0.05, 0) is 29.8 Å². The molecule has 1 heterocycles. The van der Waals surface area contributed by atoms with Crippen molar-refractivity contribution in [2.75, 3.05) is 11.4 Å². The molecule has 0 bridgehead atoms. The fraction of sp³-hybridized carbons (Fsp3) is 0.556. The second kappa shape index (κ2) is 5.32. The second-order valence-electron chi connectivity index (χ2n) is 3.15. The summed E-state index contributed by atoms with van der Waals surface area (Å²) in [5, 5.41) is 11.5. The molecule has 0 amide bonds. The minimum atomic E-state index is 0.376. The smallest absolute Gasteiger partial charge is 0.186 e. The third-order valence-corrected chi connectivity index (χ3v) is 3.38. The maximum absolute atomic E-state index is 8.55. The Hall–Kier alpha value is -0.600. The van der Waals surface area contributed by atoms with Gasteiger partial charge in [-0.25, -0.2) is 4.98 Å². The van der Waals surface area contributed by atoms with Gasteiger partial charge in [-0.15, -0.1) is 11.3 Å². The minimum Gasteiger partial charge on any atom is -0.345 e. The molecular weight excluding hydrogens is 262 g/mol. The van der Waals surface area contributed by atoms with Crippen molar-refractivity contribution in [3.63, 3.8) is 0 Å². The second-order valence-corrected chi connectivity index (χ2v) is 4.80. The summed E-state index contributed by atoms with van der Waals surface area (Å²) in [4.78, 5) is 6.47. The van der Waals surface area contributed by atoms with Crippen LogP contribution in [0.15, 0.2) is 9.98 Å². The van der Waals surface area contributed by atoms with Gasteiger partial charge in [-0.2, -0.15) is 5.26 Å². The van der Waals surface area contributed by atoms with E-state index in [1.165, 1.54) is 0 Å². The summed E-state index contributed by atoms with van der Waals surface area (Å²) in [5.41, 5.74) is 0. The molecule has 1 aromatic heterocycles. The number of thiazole rings is 1. The molecule has 0 atom stereocenters. The zero-order chi connectivity index (χ0) is 10.6. The highest BCUT2D eigenvalue weighted by atomic mass is 79.9. The monoisotopic (exact) mass is 273 g/mol. The number of hydrogen-bond acceptors (Lipinski definition) is 4. The molecule has 0 aromatic carbocycles. The third kappa shape index (κ3) is 2.96. The van der Waals surface area contributed by atoms with E-state index in [0.29, 0.717) is 12.5 Å². The van der Waals surface area contributed by atoms with E-state index < -0.39 is 0 Å². The quantitative estimate of drug-likeness (QED) is 0.847. The highest BCUT2D eigenvalue weighted by Crippen LogP contribution is 2.25. The summed E-state index contributed by atoms with van der Waals surface area (Å²) < 4.78 is 0.861. The molecule has 0 fully saturated rings. The molecule has 1 rings (SSSR count). The molecule has 0 unspecified atom stereocenters. The van der Waals surface area contributed by atoms with E-state index in [2.05, 4.69) is 45.7 Å². The number of anilines is 1. The summed E-state index contributed by atoms with van der Waals surface area (Å²) in [5.74, 6) is 0. The Labute approximate surface area is 96.5 Å². The predicted octanol–water partition coefficient (Wildman–Crippen LogP) is 3.03. The van der Waals surface area contributed by atoms with Crippen molar-refractivity contribution in [2.45, 2.75) is 26.3 Å². The predicted molar refractivity (Wildman–Crippen MR) is 62.5 cm³/mol. The molecular formula is C9H12BrN3S. The first-order valence-corrected chi connectivity index (χ1v) is 6.07. The summed E-state index contributed by atoms with van der Waals surface area (Å²) in [6.07, 6.45) is 0.537. The normalized spacial score (nSPS) is 10.2. The molecule has 0 N–H and O–H groups in total. The van der Waals surface area contributed by atoms with Crippen LogP contribution >= 0.6 is 27.3 Å². The molecule has 5 heteroatoms. The first-order chi connectivity index (χ1) is 6.65. The number of nitrogens with zero attached hydrogens (tertiary/aromatic N) is 3. The lowest BCUT2D eigenvalue weighted by atomic mass is 10.3. The Morgan fingerprint density at radius 2 is 2.43 bits per heavy atom. The van der Waals surface area contributed by atoms with Crippen molar-refractivity contribution in [1.82, 2.24) is 4.98 Å². The Balaban J connectivity index is 2.73. The van der Waals surface area contributed by atoms with Crippen LogP contribution in [0.5, 0.6) is 0 Å². The van der Waals surface area contributed by atoms with Crippen LogP contribution in [0.25, 0.3) is 0 Å². The van der Waals surface area contributed by atoms with E-state index >= 15 is 0 Å². The van der Waals surface area contributed by atoms with E-state index in [-0.39, 0.29) is 0 Å². The van der Waals surface area contributed by atoms with Gasteiger partial charge in [0, 0.05) is 18.0 Å². The molecule has 0 spiro atoms. The zero-order valence-electron chi connectivity index (χ0n) is 8.20. The van der Waals surface area contributed by atoms with Crippen LogP contribution in [0.4, 0.5) is 5.13 Å². The van der Waals surface area contributed by atoms with Gasteiger partial charge in [0.25, 0.3) is 0 Å². The average Bonchev–Trinajstić information content (AvgIpc) is 2.52. The third-order valence-electron chi connectivity index (χ3n) is 1.80. The molecule has 0 saturated carbocycles. The van der Waals surface area contributed by atoms with Crippen LogP contribution in [-0.4, -0.2) is 17.6 Å². The van der Waals surface area contributed by atoms with Crippen molar-refractivity contribution in [3.8, 4) is 6.07 Å². The van der Waals surface area contributed by atoms with Gasteiger partial charge in [-0.1, -0.05) is 0 Å². The summed E-state index contributed by atoms with van der Waals surface area (Å²) in [6, 6.07) is 2.53. The van der Waals surface area contributed by atoms with E-state index in [0.717, 1.165) is 16.3 Å². The number of aromatic nitrogens is 1. The zero-order valence-corrected chi connectivity index (χ0v) is 10.6. The SMILES string of the molecule is CC(C)N(CCC#N)c1nc(Br)cs1. The van der Waals surface area contributed by atoms with E-state index in [9.17, 15) is 0 Å². The maximum Gasteiger partial charge on any atom is 0.186 e. The molecule has 76 valence electrons. The Morgan fingerprint density at radius 3 is 2.86 bits per heavy atom. The fourth-order valence-corrected chi connectivity index (χ4v) is 2.53. The average molecular weight is 274 g/mol. The van der Waals surface area contributed by atoms with Gasteiger partial charge in [0.1, 0.15) is 4.60 Å². The van der Waals surface area contributed by atoms with Gasteiger partial charge in [0.15, 0.2) is 5.13 Å². The van der Waals surface area contributed by atoms with Crippen LogP contribution in [0, 0.1) is 11.3 Å². The summed E-state index contributed by atoms with van der Waals surface area (Å²) in [7, 11) is 0. The van der Waals surface area contributed by atoms with Crippen molar-refractivity contribution < 1.29 is 0 Å². The highest BCUT2D eigenvalue weighted by molar-refractivity contribution is 9.10. The lowest BCUT2D eigenvalue weighted by Gasteiger charge is -2.24. The molecule has 0 radical (unpaired) electrons. The Bertz CT molecular complexity index is 329. The first-order valence-electron chi connectivity index (χ1n) is 4.39.